The Labute approximate surface area is 121 Å². The third kappa shape index (κ3) is 27.0. The predicted octanol–water partition coefficient (Wildman–Crippen LogP) is 4.99. The van der Waals surface area contributed by atoms with Crippen LogP contribution in [0, 0.1) is 11.8 Å². The lowest BCUT2D eigenvalue weighted by molar-refractivity contribution is -0.107. The molecule has 0 spiro atoms. The number of hydrogen-bond donors (Lipinski definition) is 1. The zero-order valence-corrected chi connectivity index (χ0v) is 13.7. The maximum atomic E-state index is 9.90. The second-order valence-corrected chi connectivity index (χ2v) is 6.17. The number of carbonyl (C=O) groups excluding carboxylic acids is 1. The molecular formula is C17H36O2. The molecule has 2 heteroatoms. The summed E-state index contributed by atoms with van der Waals surface area (Å²) in [7, 11) is 0. The molecule has 0 aliphatic carbocycles. The van der Waals surface area contributed by atoms with Crippen molar-refractivity contribution in [3.05, 3.63) is 0 Å². The Balaban J connectivity index is 0. The van der Waals surface area contributed by atoms with Crippen LogP contribution in [0.1, 0.15) is 85.5 Å². The Morgan fingerprint density at radius 1 is 0.789 bits per heavy atom. The SMILES string of the molecule is CC(C)CCCCCC=O.CC(C)CCCCCO. The number of aliphatic hydroxyl groups is 1. The molecule has 0 unspecified atom stereocenters. The first-order valence-electron chi connectivity index (χ1n) is 8.09. The highest BCUT2D eigenvalue weighted by Gasteiger charge is 1.93. The fourth-order valence-electron chi connectivity index (χ4n) is 1.80. The van der Waals surface area contributed by atoms with E-state index in [4.69, 9.17) is 5.11 Å². The highest BCUT2D eigenvalue weighted by molar-refractivity contribution is 5.48. The topological polar surface area (TPSA) is 37.3 Å². The summed E-state index contributed by atoms with van der Waals surface area (Å²) in [6.45, 7) is 9.30. The van der Waals surface area contributed by atoms with Crippen molar-refractivity contribution in [3.8, 4) is 0 Å². The van der Waals surface area contributed by atoms with Gasteiger partial charge >= 0.3 is 0 Å². The van der Waals surface area contributed by atoms with Crippen LogP contribution < -0.4 is 0 Å². The molecular weight excluding hydrogens is 236 g/mol. The van der Waals surface area contributed by atoms with Crippen LogP contribution in [0.25, 0.3) is 0 Å². The van der Waals surface area contributed by atoms with Gasteiger partial charge < -0.3 is 9.90 Å². The Bertz CT molecular complexity index is 165. The quantitative estimate of drug-likeness (QED) is 0.425. The Morgan fingerprint density at radius 3 is 1.63 bits per heavy atom. The number of rotatable bonds is 11. The minimum atomic E-state index is 0.359. The van der Waals surface area contributed by atoms with E-state index in [9.17, 15) is 4.79 Å². The van der Waals surface area contributed by atoms with E-state index in [1.54, 1.807) is 0 Å². The summed E-state index contributed by atoms with van der Waals surface area (Å²) in [6.07, 6.45) is 11.4. The lowest BCUT2D eigenvalue weighted by Gasteiger charge is -2.01. The summed E-state index contributed by atoms with van der Waals surface area (Å²) in [4.78, 5) is 9.90. The lowest BCUT2D eigenvalue weighted by atomic mass is 10.0. The van der Waals surface area contributed by atoms with Crippen molar-refractivity contribution in [3.63, 3.8) is 0 Å². The lowest BCUT2D eigenvalue weighted by Crippen LogP contribution is -1.88. The van der Waals surface area contributed by atoms with Crippen molar-refractivity contribution in [2.75, 3.05) is 6.61 Å². The monoisotopic (exact) mass is 272 g/mol. The largest absolute Gasteiger partial charge is 0.396 e. The fraction of sp³-hybridized carbons (Fsp3) is 0.941. The van der Waals surface area contributed by atoms with E-state index in [1.807, 2.05) is 0 Å². The van der Waals surface area contributed by atoms with E-state index in [0.717, 1.165) is 37.4 Å². The maximum Gasteiger partial charge on any atom is 0.119 e. The molecule has 0 atom stereocenters. The van der Waals surface area contributed by atoms with Crippen molar-refractivity contribution in [1.29, 1.82) is 0 Å². The third-order valence-electron chi connectivity index (χ3n) is 3.04. The number of carbonyl (C=O) groups is 1. The molecule has 19 heavy (non-hydrogen) atoms. The van der Waals surface area contributed by atoms with Gasteiger partial charge in [0.15, 0.2) is 0 Å². The number of aldehydes is 1. The molecule has 2 nitrogen and oxygen atoms in total. The van der Waals surface area contributed by atoms with Gasteiger partial charge in [0.1, 0.15) is 6.29 Å². The third-order valence-corrected chi connectivity index (χ3v) is 3.04. The summed E-state index contributed by atoms with van der Waals surface area (Å²) in [5.41, 5.74) is 0. The van der Waals surface area contributed by atoms with Crippen molar-refractivity contribution in [2.24, 2.45) is 11.8 Å². The van der Waals surface area contributed by atoms with Crippen LogP contribution in [0.2, 0.25) is 0 Å². The van der Waals surface area contributed by atoms with Crippen molar-refractivity contribution in [1.82, 2.24) is 0 Å². The van der Waals surface area contributed by atoms with Crippen LogP contribution in [0.5, 0.6) is 0 Å². The van der Waals surface area contributed by atoms with Gasteiger partial charge in [-0.25, -0.2) is 0 Å². The zero-order valence-electron chi connectivity index (χ0n) is 13.7. The first-order chi connectivity index (χ1) is 9.04. The van der Waals surface area contributed by atoms with Gasteiger partial charge in [0.2, 0.25) is 0 Å². The van der Waals surface area contributed by atoms with Crippen LogP contribution in [-0.4, -0.2) is 18.0 Å². The average Bonchev–Trinajstić information content (AvgIpc) is 2.35. The predicted molar refractivity (Wildman–Crippen MR) is 84.4 cm³/mol. The van der Waals surface area contributed by atoms with Crippen LogP contribution in [0.4, 0.5) is 0 Å². The van der Waals surface area contributed by atoms with Gasteiger partial charge in [-0.15, -0.1) is 0 Å². The second-order valence-electron chi connectivity index (χ2n) is 6.17. The Morgan fingerprint density at radius 2 is 1.26 bits per heavy atom. The van der Waals surface area contributed by atoms with Gasteiger partial charge in [-0.1, -0.05) is 66.2 Å². The molecule has 1 N–H and O–H groups in total. The highest BCUT2D eigenvalue weighted by atomic mass is 16.2. The molecule has 0 saturated heterocycles. The fourth-order valence-corrected chi connectivity index (χ4v) is 1.80. The van der Waals surface area contributed by atoms with Crippen LogP contribution in [-0.2, 0) is 4.79 Å². The molecule has 0 radical (unpaired) electrons. The van der Waals surface area contributed by atoms with Gasteiger partial charge in [0.05, 0.1) is 0 Å². The van der Waals surface area contributed by atoms with Gasteiger partial charge in [-0.05, 0) is 24.7 Å². The van der Waals surface area contributed by atoms with Crippen LogP contribution in [0.3, 0.4) is 0 Å². The summed E-state index contributed by atoms with van der Waals surface area (Å²) in [6, 6.07) is 0. The number of aliphatic hydroxyl groups excluding tert-OH is 1. The first-order valence-corrected chi connectivity index (χ1v) is 8.09. The van der Waals surface area contributed by atoms with Gasteiger partial charge in [-0.3, -0.25) is 0 Å². The van der Waals surface area contributed by atoms with E-state index in [0.29, 0.717) is 6.61 Å². The van der Waals surface area contributed by atoms with Crippen molar-refractivity contribution >= 4 is 6.29 Å². The van der Waals surface area contributed by atoms with Gasteiger partial charge in [0.25, 0.3) is 0 Å². The van der Waals surface area contributed by atoms with E-state index in [2.05, 4.69) is 27.7 Å². The van der Waals surface area contributed by atoms with Gasteiger partial charge in [-0.2, -0.15) is 0 Å². The van der Waals surface area contributed by atoms with E-state index < -0.39 is 0 Å². The Hall–Kier alpha value is -0.370. The maximum absolute atomic E-state index is 9.90. The number of hydrogen-bond acceptors (Lipinski definition) is 2. The second kappa shape index (κ2) is 17.6. The summed E-state index contributed by atoms with van der Waals surface area (Å²) >= 11 is 0. The van der Waals surface area contributed by atoms with E-state index >= 15 is 0 Å². The summed E-state index contributed by atoms with van der Waals surface area (Å²) in [5.74, 6) is 1.64. The molecule has 0 bridgehead atoms. The highest BCUT2D eigenvalue weighted by Crippen LogP contribution is 2.08. The minimum absolute atomic E-state index is 0.359. The molecule has 0 heterocycles. The minimum Gasteiger partial charge on any atom is -0.396 e. The first kappa shape index (κ1) is 20.9. The smallest absolute Gasteiger partial charge is 0.119 e. The van der Waals surface area contributed by atoms with Crippen molar-refractivity contribution in [2.45, 2.75) is 85.5 Å². The zero-order chi connectivity index (χ0) is 14.9. The molecule has 0 aromatic carbocycles. The van der Waals surface area contributed by atoms with Crippen LogP contribution in [0.15, 0.2) is 0 Å². The molecule has 0 aliphatic heterocycles. The van der Waals surface area contributed by atoms with E-state index in [-0.39, 0.29) is 0 Å². The molecule has 0 fully saturated rings. The molecule has 0 aromatic rings. The molecule has 0 aromatic heterocycles. The van der Waals surface area contributed by atoms with Crippen LogP contribution >= 0.6 is 0 Å². The molecule has 116 valence electrons. The molecule has 0 saturated carbocycles. The standard InChI is InChI=1S/C9H18O.C8H18O/c1-9(2)7-5-3-4-6-8-10;1-8(2)6-4-3-5-7-9/h8-9H,3-7H2,1-2H3;8-9H,3-7H2,1-2H3. The van der Waals surface area contributed by atoms with Crippen molar-refractivity contribution < 1.29 is 9.90 Å². The Kier molecular flexibility index (Phi) is 19.4. The molecule has 0 aliphatic rings. The number of unbranched alkanes of at least 4 members (excludes halogenated alkanes) is 5. The normalized spacial score (nSPS) is 10.5. The summed E-state index contributed by atoms with van der Waals surface area (Å²) in [5, 5.41) is 8.43. The summed E-state index contributed by atoms with van der Waals surface area (Å²) < 4.78 is 0. The van der Waals surface area contributed by atoms with E-state index in [1.165, 1.54) is 38.5 Å². The average molecular weight is 272 g/mol. The van der Waals surface area contributed by atoms with Gasteiger partial charge in [0, 0.05) is 13.0 Å². The molecule has 0 amide bonds. The molecule has 0 rings (SSSR count).